The molecule has 0 spiro atoms. The number of piperazine rings is 1. The first-order valence-electron chi connectivity index (χ1n) is 10.7. The highest BCUT2D eigenvalue weighted by atomic mass is 16.1. The van der Waals surface area contributed by atoms with Gasteiger partial charge < -0.3 is 10.2 Å². The fraction of sp³-hybridized carbons (Fsp3) is 0.154. The molecule has 1 saturated heterocycles. The van der Waals surface area contributed by atoms with E-state index in [-0.39, 0.29) is 11.8 Å². The third-order valence-electron chi connectivity index (χ3n) is 5.66. The molecule has 1 fully saturated rings. The summed E-state index contributed by atoms with van der Waals surface area (Å²) in [5.74, 6) is 0.675. The van der Waals surface area contributed by atoms with Crippen LogP contribution in [0.25, 0.3) is 11.1 Å². The molecule has 32 heavy (non-hydrogen) atoms. The van der Waals surface area contributed by atoms with Gasteiger partial charge in [0.25, 0.3) is 0 Å². The van der Waals surface area contributed by atoms with Gasteiger partial charge >= 0.3 is 0 Å². The van der Waals surface area contributed by atoms with E-state index in [0.717, 1.165) is 36.6 Å². The number of hydrogen-bond donors (Lipinski definition) is 1. The van der Waals surface area contributed by atoms with Crippen LogP contribution in [0.1, 0.15) is 27.7 Å². The number of benzene rings is 1. The molecule has 0 amide bonds. The molecular weight excluding hydrogens is 398 g/mol. The van der Waals surface area contributed by atoms with Gasteiger partial charge in [0.2, 0.25) is 5.78 Å². The number of rotatable bonds is 5. The average molecular weight is 422 g/mol. The summed E-state index contributed by atoms with van der Waals surface area (Å²) in [5.41, 5.74) is 3.96. The number of aromatic nitrogens is 3. The maximum absolute atomic E-state index is 13.2. The molecule has 4 aromatic rings. The highest BCUT2D eigenvalue weighted by Gasteiger charge is 2.22. The van der Waals surface area contributed by atoms with Gasteiger partial charge in [-0.25, -0.2) is 4.98 Å². The number of hydrogen-bond acceptors (Lipinski definition) is 6. The summed E-state index contributed by atoms with van der Waals surface area (Å²) in [7, 11) is 0. The topological polar surface area (TPSA) is 71.0 Å². The van der Waals surface area contributed by atoms with E-state index >= 15 is 0 Å². The van der Waals surface area contributed by atoms with Crippen LogP contribution in [0.4, 0.5) is 5.82 Å². The van der Waals surface area contributed by atoms with E-state index in [1.54, 1.807) is 30.9 Å². The van der Waals surface area contributed by atoms with Gasteiger partial charge in [-0.1, -0.05) is 42.5 Å². The van der Waals surface area contributed by atoms with Crippen molar-refractivity contribution >= 4 is 11.6 Å². The monoisotopic (exact) mass is 421 g/mol. The lowest BCUT2D eigenvalue weighted by molar-refractivity contribution is 0.103. The Hall–Kier alpha value is -3.90. The van der Waals surface area contributed by atoms with Crippen LogP contribution in [0.5, 0.6) is 0 Å². The number of carbonyl (C=O) groups excluding carboxylic acids is 1. The van der Waals surface area contributed by atoms with Crippen molar-refractivity contribution in [2.45, 2.75) is 6.04 Å². The molecule has 5 rings (SSSR count). The Bertz CT molecular complexity index is 1210. The van der Waals surface area contributed by atoms with Crippen LogP contribution in [-0.2, 0) is 0 Å². The summed E-state index contributed by atoms with van der Waals surface area (Å²) < 4.78 is 0. The van der Waals surface area contributed by atoms with Crippen LogP contribution in [0.2, 0.25) is 0 Å². The quantitative estimate of drug-likeness (QED) is 0.493. The number of pyridine rings is 3. The zero-order valence-electron chi connectivity index (χ0n) is 17.6. The molecule has 1 atom stereocenters. The van der Waals surface area contributed by atoms with E-state index in [1.807, 2.05) is 36.4 Å². The predicted molar refractivity (Wildman–Crippen MR) is 125 cm³/mol. The largest absolute Gasteiger partial charge is 0.353 e. The van der Waals surface area contributed by atoms with E-state index in [0.29, 0.717) is 11.3 Å². The Morgan fingerprint density at radius 2 is 1.78 bits per heavy atom. The van der Waals surface area contributed by atoms with Gasteiger partial charge in [-0.05, 0) is 29.8 Å². The van der Waals surface area contributed by atoms with E-state index in [1.165, 1.54) is 5.56 Å². The maximum atomic E-state index is 13.2. The minimum Gasteiger partial charge on any atom is -0.353 e. The fourth-order valence-corrected chi connectivity index (χ4v) is 4.00. The second-order valence-corrected chi connectivity index (χ2v) is 7.78. The molecule has 1 aromatic carbocycles. The molecule has 1 aliphatic heterocycles. The van der Waals surface area contributed by atoms with Crippen LogP contribution in [0, 0.1) is 0 Å². The highest BCUT2D eigenvalue weighted by Crippen LogP contribution is 2.23. The minimum absolute atomic E-state index is 0.139. The van der Waals surface area contributed by atoms with Crippen molar-refractivity contribution in [3.8, 4) is 11.1 Å². The molecule has 1 aliphatic rings. The van der Waals surface area contributed by atoms with Gasteiger partial charge in [0, 0.05) is 67.2 Å². The number of carbonyl (C=O) groups is 1. The van der Waals surface area contributed by atoms with Crippen molar-refractivity contribution in [3.05, 3.63) is 108 Å². The Morgan fingerprint density at radius 3 is 2.62 bits per heavy atom. The standard InChI is InChI=1S/C26H23N5O/c32-26(22-14-21(16-28-17-22)20-8-5-11-27-15-20)23-9-4-10-25(30-23)31-13-12-29-24(18-31)19-6-2-1-3-7-19/h1-11,14-17,24,29H,12-13,18H2. The fourth-order valence-electron chi connectivity index (χ4n) is 4.00. The van der Waals surface area contributed by atoms with Gasteiger partial charge in [0.05, 0.1) is 0 Å². The maximum Gasteiger partial charge on any atom is 0.212 e. The minimum atomic E-state index is -0.139. The first-order valence-corrected chi connectivity index (χ1v) is 10.7. The van der Waals surface area contributed by atoms with Crippen molar-refractivity contribution in [1.82, 2.24) is 20.3 Å². The van der Waals surface area contributed by atoms with E-state index < -0.39 is 0 Å². The summed E-state index contributed by atoms with van der Waals surface area (Å²) in [6, 6.07) is 21.9. The average Bonchev–Trinajstić information content (AvgIpc) is 2.89. The molecule has 1 unspecified atom stereocenters. The third kappa shape index (κ3) is 4.26. The van der Waals surface area contributed by atoms with Crippen LogP contribution >= 0.6 is 0 Å². The van der Waals surface area contributed by atoms with E-state index in [9.17, 15) is 4.79 Å². The zero-order chi connectivity index (χ0) is 21.8. The SMILES string of the molecule is O=C(c1cncc(-c2cccnc2)c1)c1cccc(N2CCNC(c3ccccc3)C2)n1. The third-order valence-corrected chi connectivity index (χ3v) is 5.66. The second-order valence-electron chi connectivity index (χ2n) is 7.78. The number of anilines is 1. The van der Waals surface area contributed by atoms with Crippen LogP contribution in [0.15, 0.2) is 91.5 Å². The number of nitrogens with one attached hydrogen (secondary N) is 1. The predicted octanol–water partition coefficient (Wildman–Crippen LogP) is 3.92. The summed E-state index contributed by atoms with van der Waals surface area (Å²) in [5, 5.41) is 3.57. The molecule has 6 heteroatoms. The van der Waals surface area contributed by atoms with Gasteiger partial charge in [-0.3, -0.25) is 14.8 Å². The normalized spacial score (nSPS) is 16.0. The molecule has 0 aliphatic carbocycles. The van der Waals surface area contributed by atoms with Crippen molar-refractivity contribution in [2.75, 3.05) is 24.5 Å². The van der Waals surface area contributed by atoms with Gasteiger partial charge in [0.1, 0.15) is 11.5 Å². The summed E-state index contributed by atoms with van der Waals surface area (Å²) in [6.07, 6.45) is 6.81. The highest BCUT2D eigenvalue weighted by molar-refractivity contribution is 6.08. The molecular formula is C26H23N5O. The van der Waals surface area contributed by atoms with Gasteiger partial charge in [-0.15, -0.1) is 0 Å². The molecule has 3 aromatic heterocycles. The Kier molecular flexibility index (Phi) is 5.68. The van der Waals surface area contributed by atoms with Crippen LogP contribution in [-0.4, -0.2) is 40.4 Å². The Labute approximate surface area is 187 Å². The Balaban J connectivity index is 1.38. The lowest BCUT2D eigenvalue weighted by Gasteiger charge is -2.35. The molecule has 158 valence electrons. The van der Waals surface area contributed by atoms with E-state index in [2.05, 4.69) is 44.5 Å². The summed E-state index contributed by atoms with van der Waals surface area (Å²) >= 11 is 0. The number of ketones is 1. The molecule has 0 radical (unpaired) electrons. The zero-order valence-corrected chi connectivity index (χ0v) is 17.6. The van der Waals surface area contributed by atoms with E-state index in [4.69, 9.17) is 4.98 Å². The van der Waals surface area contributed by atoms with Crippen LogP contribution < -0.4 is 10.2 Å². The molecule has 6 nitrogen and oxygen atoms in total. The summed E-state index contributed by atoms with van der Waals surface area (Å²) in [6.45, 7) is 2.50. The van der Waals surface area contributed by atoms with Gasteiger partial charge in [0.15, 0.2) is 0 Å². The van der Waals surface area contributed by atoms with Crippen molar-refractivity contribution in [2.24, 2.45) is 0 Å². The summed E-state index contributed by atoms with van der Waals surface area (Å²) in [4.78, 5) is 28.6. The molecule has 0 saturated carbocycles. The number of nitrogens with zero attached hydrogens (tertiary/aromatic N) is 4. The first kappa shape index (κ1) is 20.0. The van der Waals surface area contributed by atoms with Crippen LogP contribution in [0.3, 0.4) is 0 Å². The van der Waals surface area contributed by atoms with Crippen molar-refractivity contribution < 1.29 is 4.79 Å². The Morgan fingerprint density at radius 1 is 0.906 bits per heavy atom. The molecule has 0 bridgehead atoms. The van der Waals surface area contributed by atoms with Gasteiger partial charge in [-0.2, -0.15) is 0 Å². The lowest BCUT2D eigenvalue weighted by Crippen LogP contribution is -2.46. The molecule has 1 N–H and O–H groups in total. The molecule has 4 heterocycles. The van der Waals surface area contributed by atoms with Crippen molar-refractivity contribution in [3.63, 3.8) is 0 Å². The van der Waals surface area contributed by atoms with Crippen molar-refractivity contribution in [1.29, 1.82) is 0 Å². The second kappa shape index (κ2) is 9.08. The first-order chi connectivity index (χ1) is 15.8. The smallest absolute Gasteiger partial charge is 0.212 e. The lowest BCUT2D eigenvalue weighted by atomic mass is 10.0.